The fourth-order valence-electron chi connectivity index (χ4n) is 11.2. The molecule has 49 heavy (non-hydrogen) atoms. The first-order chi connectivity index (χ1) is 23.6. The number of allylic oxidation sites excluding steroid dienone is 5. The quantitative estimate of drug-likeness (QED) is 0.0327. The third kappa shape index (κ3) is 11.0. The van der Waals surface area contributed by atoms with Gasteiger partial charge in [-0.15, -0.1) is 0 Å². The molecule has 0 radical (unpaired) electrons. The average molecular weight is 681 g/mol. The molecule has 4 nitrogen and oxygen atoms in total. The van der Waals surface area contributed by atoms with E-state index in [2.05, 4.69) is 64.7 Å². The zero-order valence-corrected chi connectivity index (χ0v) is 32.8. The number of carbonyl (C=O) groups excluding carboxylic acids is 1. The molecule has 1 N–H and O–H groups in total. The molecule has 3 saturated carbocycles. The van der Waals surface area contributed by atoms with Gasteiger partial charge in [-0.05, 0) is 129 Å². The molecule has 4 rings (SSSR count). The normalized spacial score (nSPS) is 32.0. The molecular weight excluding hydrogens is 604 g/mol. The lowest BCUT2D eigenvalue weighted by molar-refractivity contribution is -0.206. The minimum atomic E-state index is 0.0211. The topological polar surface area (TPSA) is 55.8 Å². The molecule has 0 unspecified atom stereocenters. The van der Waals surface area contributed by atoms with Crippen molar-refractivity contribution in [3.05, 3.63) is 35.6 Å². The van der Waals surface area contributed by atoms with Gasteiger partial charge in [-0.2, -0.15) is 0 Å². The Morgan fingerprint density at radius 1 is 0.898 bits per heavy atom. The number of unbranched alkanes of at least 4 members (excludes halogenated alkanes) is 7. The molecule has 0 heterocycles. The first kappa shape index (κ1) is 40.2. The summed E-state index contributed by atoms with van der Waals surface area (Å²) in [6.07, 6.45) is 35.7. The van der Waals surface area contributed by atoms with Crippen LogP contribution in [0.5, 0.6) is 0 Å². The van der Waals surface area contributed by atoms with E-state index in [1.807, 2.05) is 6.08 Å². The van der Waals surface area contributed by atoms with Crippen LogP contribution in [0.4, 0.5) is 0 Å². The molecule has 0 saturated heterocycles. The van der Waals surface area contributed by atoms with Crippen LogP contribution in [0.25, 0.3) is 0 Å². The maximum Gasteiger partial charge on any atom is 0.306 e. The van der Waals surface area contributed by atoms with E-state index in [-0.39, 0.29) is 12.1 Å². The van der Waals surface area contributed by atoms with Crippen LogP contribution in [0.15, 0.2) is 35.6 Å². The van der Waals surface area contributed by atoms with Gasteiger partial charge < -0.3 is 9.62 Å². The molecule has 8 atom stereocenters. The highest BCUT2D eigenvalue weighted by atomic mass is 17.1. The molecule has 0 aromatic carbocycles. The first-order valence-electron chi connectivity index (χ1n) is 21.2. The van der Waals surface area contributed by atoms with E-state index in [0.717, 1.165) is 93.3 Å². The zero-order valence-electron chi connectivity index (χ0n) is 32.8. The molecule has 4 aliphatic carbocycles. The van der Waals surface area contributed by atoms with Crippen LogP contribution in [-0.4, -0.2) is 17.3 Å². The summed E-state index contributed by atoms with van der Waals surface area (Å²) in [5.74, 6) is 5.88. The summed E-state index contributed by atoms with van der Waals surface area (Å²) in [5, 5.41) is 9.02. The van der Waals surface area contributed by atoms with Crippen molar-refractivity contribution < 1.29 is 19.7 Å². The Hall–Kier alpha value is -1.55. The Morgan fingerprint density at radius 3 is 2.45 bits per heavy atom. The van der Waals surface area contributed by atoms with Crippen LogP contribution in [-0.2, 0) is 14.4 Å². The summed E-state index contributed by atoms with van der Waals surface area (Å²) >= 11 is 0. The number of esters is 1. The van der Waals surface area contributed by atoms with Gasteiger partial charge >= 0.3 is 5.97 Å². The second-order valence-corrected chi connectivity index (χ2v) is 17.9. The summed E-state index contributed by atoms with van der Waals surface area (Å²) in [6, 6.07) is 0. The lowest BCUT2D eigenvalue weighted by Crippen LogP contribution is -2.51. The van der Waals surface area contributed by atoms with Gasteiger partial charge in [0.25, 0.3) is 0 Å². The average Bonchev–Trinajstić information content (AvgIpc) is 3.43. The standard InChI is InChI=1S/C45H76O4/c1-7-8-16-22-37(49-47)23-17-14-12-10-9-11-13-15-18-24-43(46)48-38-29-31-44(5)36(33-38)25-26-39-41-28-27-40(35(4)21-19-20-34(2)3)45(41,6)32-30-42(39)44/h12,14,23,25,34-35,38-42,47H,7-11,13,15-22,24,26-33H2,1-6H3/b14-12-,37-23+/t35-,38+,39+,40-,41+,42+,44+,45-/m1/s1. The lowest BCUT2D eigenvalue weighted by Gasteiger charge is -2.58. The summed E-state index contributed by atoms with van der Waals surface area (Å²) in [5.41, 5.74) is 2.47. The summed E-state index contributed by atoms with van der Waals surface area (Å²) in [7, 11) is 0. The number of fused-ring (bicyclic) bond motifs is 5. The predicted octanol–water partition coefficient (Wildman–Crippen LogP) is 13.6. The zero-order chi connectivity index (χ0) is 35.3. The number of ether oxygens (including phenoxy) is 1. The number of hydrogen-bond acceptors (Lipinski definition) is 4. The van der Waals surface area contributed by atoms with E-state index in [0.29, 0.717) is 23.0 Å². The van der Waals surface area contributed by atoms with Gasteiger partial charge in [0.05, 0.1) is 0 Å². The fourth-order valence-corrected chi connectivity index (χ4v) is 11.2. The van der Waals surface area contributed by atoms with Crippen molar-refractivity contribution in [1.82, 2.24) is 0 Å². The van der Waals surface area contributed by atoms with E-state index in [1.54, 1.807) is 5.57 Å². The Bertz CT molecular complexity index is 1090. The second kappa shape index (κ2) is 19.9. The van der Waals surface area contributed by atoms with E-state index in [9.17, 15) is 4.79 Å². The monoisotopic (exact) mass is 681 g/mol. The Kier molecular flexibility index (Phi) is 16.3. The van der Waals surface area contributed by atoms with Crippen LogP contribution in [0.3, 0.4) is 0 Å². The van der Waals surface area contributed by atoms with Gasteiger partial charge in [0.2, 0.25) is 0 Å². The molecule has 4 aliphatic rings. The van der Waals surface area contributed by atoms with Crippen molar-refractivity contribution in [3.8, 4) is 0 Å². The van der Waals surface area contributed by atoms with Crippen molar-refractivity contribution in [2.45, 2.75) is 195 Å². The van der Waals surface area contributed by atoms with E-state index in [4.69, 9.17) is 9.99 Å². The van der Waals surface area contributed by atoms with Gasteiger partial charge in [-0.3, -0.25) is 4.79 Å². The predicted molar refractivity (Wildman–Crippen MR) is 205 cm³/mol. The maximum absolute atomic E-state index is 12.8. The highest BCUT2D eigenvalue weighted by Gasteiger charge is 2.59. The highest BCUT2D eigenvalue weighted by molar-refractivity contribution is 5.69. The molecular formula is C45H76O4. The smallest absolute Gasteiger partial charge is 0.306 e. The van der Waals surface area contributed by atoms with Crippen molar-refractivity contribution in [2.24, 2.45) is 46.3 Å². The summed E-state index contributed by atoms with van der Waals surface area (Å²) in [4.78, 5) is 17.3. The molecule has 0 aromatic heterocycles. The molecule has 3 fully saturated rings. The molecule has 4 heteroatoms. The highest BCUT2D eigenvalue weighted by Crippen LogP contribution is 2.67. The SMILES string of the molecule is CCCCC/C(=C\C/C=C\CCCCCCCC(=O)O[C@H]1CC[C@@]2(C)C(=CC[C@H]3[C@@H]4CC[C@H]([C@H](C)CCCC(C)C)[C@@]4(C)CC[C@@H]32)C1)OO. The van der Waals surface area contributed by atoms with Gasteiger partial charge in [-0.25, -0.2) is 5.26 Å². The van der Waals surface area contributed by atoms with Crippen molar-refractivity contribution in [3.63, 3.8) is 0 Å². The van der Waals surface area contributed by atoms with E-state index >= 15 is 0 Å². The van der Waals surface area contributed by atoms with Crippen molar-refractivity contribution in [1.29, 1.82) is 0 Å². The van der Waals surface area contributed by atoms with Gasteiger partial charge in [0, 0.05) is 19.3 Å². The minimum Gasteiger partial charge on any atom is -0.462 e. The Morgan fingerprint density at radius 2 is 1.67 bits per heavy atom. The second-order valence-electron chi connectivity index (χ2n) is 17.9. The lowest BCUT2D eigenvalue weighted by atomic mass is 9.47. The molecule has 280 valence electrons. The number of rotatable bonds is 21. The maximum atomic E-state index is 12.8. The third-order valence-electron chi connectivity index (χ3n) is 14.1. The van der Waals surface area contributed by atoms with Crippen LogP contribution >= 0.6 is 0 Å². The molecule has 0 bridgehead atoms. The van der Waals surface area contributed by atoms with Crippen LogP contribution in [0.2, 0.25) is 0 Å². The fraction of sp³-hybridized carbons (Fsp3) is 0.844. The molecule has 0 aliphatic heterocycles. The van der Waals surface area contributed by atoms with Crippen LogP contribution < -0.4 is 0 Å². The largest absolute Gasteiger partial charge is 0.462 e. The first-order valence-corrected chi connectivity index (χ1v) is 21.2. The Balaban J connectivity index is 1.12. The van der Waals surface area contributed by atoms with Gasteiger partial charge in [0.1, 0.15) is 11.9 Å². The van der Waals surface area contributed by atoms with Crippen LogP contribution in [0.1, 0.15) is 189 Å². The Labute approximate surface area is 302 Å². The molecule has 0 aromatic rings. The van der Waals surface area contributed by atoms with E-state index in [1.165, 1.54) is 83.5 Å². The number of carbonyl (C=O) groups is 1. The minimum absolute atomic E-state index is 0.0211. The third-order valence-corrected chi connectivity index (χ3v) is 14.1. The van der Waals surface area contributed by atoms with Crippen molar-refractivity contribution in [2.75, 3.05) is 0 Å². The number of hydrogen-bond donors (Lipinski definition) is 1. The van der Waals surface area contributed by atoms with Crippen LogP contribution in [0, 0.1) is 46.3 Å². The summed E-state index contributed by atoms with van der Waals surface area (Å²) < 4.78 is 6.11. The van der Waals surface area contributed by atoms with Gasteiger partial charge in [-0.1, -0.05) is 117 Å². The van der Waals surface area contributed by atoms with E-state index < -0.39 is 0 Å². The molecule has 0 amide bonds. The molecule has 0 spiro atoms. The van der Waals surface area contributed by atoms with Gasteiger partial charge in [0.15, 0.2) is 0 Å². The van der Waals surface area contributed by atoms with Crippen molar-refractivity contribution >= 4 is 5.97 Å². The summed E-state index contributed by atoms with van der Waals surface area (Å²) in [6.45, 7) is 14.8.